The molecule has 2 aromatic carbocycles. The van der Waals surface area contributed by atoms with E-state index in [1.54, 1.807) is 18.2 Å². The molecule has 0 saturated heterocycles. The summed E-state index contributed by atoms with van der Waals surface area (Å²) < 4.78 is 19.3. The third-order valence-electron chi connectivity index (χ3n) is 3.37. The van der Waals surface area contributed by atoms with Gasteiger partial charge in [0.1, 0.15) is 18.2 Å². The lowest BCUT2D eigenvalue weighted by Crippen LogP contribution is -1.98. The number of H-pyrrole nitrogens is 1. The van der Waals surface area contributed by atoms with Gasteiger partial charge in [-0.05, 0) is 19.1 Å². The summed E-state index contributed by atoms with van der Waals surface area (Å²) in [5.41, 5.74) is 8.99. The molecule has 0 unspecified atom stereocenters. The van der Waals surface area contributed by atoms with Gasteiger partial charge in [0.05, 0.1) is 11.2 Å². The summed E-state index contributed by atoms with van der Waals surface area (Å²) in [5, 5.41) is 0.925. The molecular weight excluding hydrogens is 255 g/mol. The van der Waals surface area contributed by atoms with E-state index in [-0.39, 0.29) is 12.4 Å². The van der Waals surface area contributed by atoms with Crippen molar-refractivity contribution in [2.24, 2.45) is 0 Å². The molecule has 0 aliphatic heterocycles. The third-order valence-corrected chi connectivity index (χ3v) is 3.37. The largest absolute Gasteiger partial charge is 0.487 e. The minimum atomic E-state index is -0.262. The zero-order valence-corrected chi connectivity index (χ0v) is 11.1. The molecule has 4 heteroatoms. The molecule has 0 bridgehead atoms. The molecule has 102 valence electrons. The van der Waals surface area contributed by atoms with Crippen LogP contribution in [-0.2, 0) is 6.61 Å². The molecule has 0 amide bonds. The van der Waals surface area contributed by atoms with Crippen molar-refractivity contribution in [2.45, 2.75) is 13.5 Å². The zero-order valence-electron chi connectivity index (χ0n) is 11.1. The summed E-state index contributed by atoms with van der Waals surface area (Å²) in [6.07, 6.45) is 0. The molecule has 3 N–H and O–H groups in total. The smallest absolute Gasteiger partial charge is 0.143 e. The van der Waals surface area contributed by atoms with Gasteiger partial charge in [-0.2, -0.15) is 0 Å². The van der Waals surface area contributed by atoms with Gasteiger partial charge in [0.25, 0.3) is 0 Å². The Labute approximate surface area is 116 Å². The minimum Gasteiger partial charge on any atom is -0.487 e. The van der Waals surface area contributed by atoms with E-state index in [9.17, 15) is 4.39 Å². The number of rotatable bonds is 3. The number of halogens is 1. The Morgan fingerprint density at radius 3 is 2.75 bits per heavy atom. The van der Waals surface area contributed by atoms with Crippen LogP contribution in [0.5, 0.6) is 5.75 Å². The summed E-state index contributed by atoms with van der Waals surface area (Å²) in [7, 11) is 0. The molecule has 0 saturated carbocycles. The topological polar surface area (TPSA) is 51.0 Å². The molecule has 3 aromatic rings. The minimum absolute atomic E-state index is 0.184. The summed E-state index contributed by atoms with van der Waals surface area (Å²) in [6, 6.07) is 12.2. The number of nitrogens with one attached hydrogen (secondary N) is 1. The second kappa shape index (κ2) is 4.89. The molecule has 3 rings (SSSR count). The fraction of sp³-hybridized carbons (Fsp3) is 0.125. The lowest BCUT2D eigenvalue weighted by Gasteiger charge is -2.08. The van der Waals surface area contributed by atoms with Crippen LogP contribution in [-0.4, -0.2) is 4.98 Å². The average molecular weight is 270 g/mol. The number of aryl methyl sites for hydroxylation is 1. The van der Waals surface area contributed by atoms with Gasteiger partial charge in [-0.1, -0.05) is 30.3 Å². The number of para-hydroxylation sites is 1. The average Bonchev–Trinajstić information content (AvgIpc) is 2.74. The van der Waals surface area contributed by atoms with E-state index < -0.39 is 0 Å². The van der Waals surface area contributed by atoms with Crippen molar-refractivity contribution in [1.82, 2.24) is 4.98 Å². The Kier molecular flexibility index (Phi) is 3.06. The summed E-state index contributed by atoms with van der Waals surface area (Å²) in [6.45, 7) is 2.10. The molecular formula is C16H15FN2O. The molecule has 1 aromatic heterocycles. The number of nitrogen functional groups attached to an aromatic ring is 1. The van der Waals surface area contributed by atoms with E-state index >= 15 is 0 Å². The highest BCUT2D eigenvalue weighted by Gasteiger charge is 2.10. The van der Waals surface area contributed by atoms with Crippen LogP contribution in [0.3, 0.4) is 0 Å². The van der Waals surface area contributed by atoms with Crippen molar-refractivity contribution in [1.29, 1.82) is 0 Å². The number of nitrogens with two attached hydrogens (primary N) is 1. The monoisotopic (exact) mass is 270 g/mol. The second-order valence-electron chi connectivity index (χ2n) is 4.72. The Morgan fingerprint density at radius 2 is 1.95 bits per heavy atom. The van der Waals surface area contributed by atoms with E-state index in [2.05, 4.69) is 4.98 Å². The van der Waals surface area contributed by atoms with Crippen LogP contribution in [0.2, 0.25) is 0 Å². The Morgan fingerprint density at radius 1 is 1.15 bits per heavy atom. The second-order valence-corrected chi connectivity index (χ2v) is 4.72. The number of aromatic amines is 1. The molecule has 1 heterocycles. The number of fused-ring (bicyclic) bond motifs is 1. The number of benzene rings is 2. The highest BCUT2D eigenvalue weighted by atomic mass is 19.1. The maximum Gasteiger partial charge on any atom is 0.143 e. The molecule has 0 aliphatic carbocycles. The first-order chi connectivity index (χ1) is 9.66. The summed E-state index contributed by atoms with van der Waals surface area (Å²) in [4.78, 5) is 3.20. The van der Waals surface area contributed by atoms with Gasteiger partial charge in [-0.3, -0.25) is 0 Å². The van der Waals surface area contributed by atoms with Crippen LogP contribution in [0.15, 0.2) is 42.5 Å². The van der Waals surface area contributed by atoms with Crippen LogP contribution in [0.25, 0.3) is 10.9 Å². The van der Waals surface area contributed by atoms with Crippen LogP contribution >= 0.6 is 0 Å². The number of aromatic nitrogens is 1. The van der Waals surface area contributed by atoms with E-state index in [1.165, 1.54) is 6.07 Å². The van der Waals surface area contributed by atoms with Crippen molar-refractivity contribution >= 4 is 16.6 Å². The van der Waals surface area contributed by atoms with Crippen molar-refractivity contribution in [3.8, 4) is 5.75 Å². The number of ether oxygens (including phenoxy) is 1. The van der Waals surface area contributed by atoms with Gasteiger partial charge in [0.2, 0.25) is 0 Å². The highest BCUT2D eigenvalue weighted by molar-refractivity contribution is 5.96. The maximum absolute atomic E-state index is 13.6. The molecule has 20 heavy (non-hydrogen) atoms. The first-order valence-corrected chi connectivity index (χ1v) is 6.40. The standard InChI is InChI=1S/C16H15FN2O/c1-10-15(18)12-6-4-8-14(16(12)19-10)20-9-11-5-2-3-7-13(11)17/h2-8,19H,9,18H2,1H3. The Bertz CT molecular complexity index is 764. The zero-order chi connectivity index (χ0) is 14.1. The van der Waals surface area contributed by atoms with Gasteiger partial charge in [-0.15, -0.1) is 0 Å². The van der Waals surface area contributed by atoms with E-state index in [1.807, 2.05) is 25.1 Å². The van der Waals surface area contributed by atoms with Crippen LogP contribution in [0.4, 0.5) is 10.1 Å². The predicted molar refractivity (Wildman–Crippen MR) is 78.2 cm³/mol. The van der Waals surface area contributed by atoms with E-state index in [0.29, 0.717) is 11.3 Å². The normalized spacial score (nSPS) is 10.9. The SMILES string of the molecule is Cc1[nH]c2c(OCc3ccccc3F)cccc2c1N. The Hall–Kier alpha value is -2.49. The van der Waals surface area contributed by atoms with Crippen molar-refractivity contribution in [3.05, 3.63) is 59.5 Å². The van der Waals surface area contributed by atoms with Gasteiger partial charge in [0.15, 0.2) is 0 Å². The van der Waals surface area contributed by atoms with Crippen molar-refractivity contribution < 1.29 is 9.13 Å². The first kappa shape index (κ1) is 12.5. The summed E-state index contributed by atoms with van der Waals surface area (Å²) >= 11 is 0. The quantitative estimate of drug-likeness (QED) is 0.761. The van der Waals surface area contributed by atoms with Gasteiger partial charge in [0, 0.05) is 16.6 Å². The fourth-order valence-electron chi connectivity index (χ4n) is 2.23. The summed E-state index contributed by atoms with van der Waals surface area (Å²) in [5.74, 6) is 0.410. The Balaban J connectivity index is 1.92. The van der Waals surface area contributed by atoms with Crippen molar-refractivity contribution in [2.75, 3.05) is 5.73 Å². The van der Waals surface area contributed by atoms with Crippen LogP contribution in [0, 0.1) is 12.7 Å². The lowest BCUT2D eigenvalue weighted by molar-refractivity contribution is 0.303. The molecule has 0 fully saturated rings. The number of hydrogen-bond acceptors (Lipinski definition) is 2. The molecule has 0 atom stereocenters. The van der Waals surface area contributed by atoms with Crippen LogP contribution in [0.1, 0.15) is 11.3 Å². The highest BCUT2D eigenvalue weighted by Crippen LogP contribution is 2.31. The van der Waals surface area contributed by atoms with Gasteiger partial charge >= 0.3 is 0 Å². The third kappa shape index (κ3) is 2.09. The molecule has 3 nitrogen and oxygen atoms in total. The fourth-order valence-corrected chi connectivity index (χ4v) is 2.23. The van der Waals surface area contributed by atoms with E-state index in [4.69, 9.17) is 10.5 Å². The van der Waals surface area contributed by atoms with Crippen molar-refractivity contribution in [3.63, 3.8) is 0 Å². The maximum atomic E-state index is 13.6. The van der Waals surface area contributed by atoms with Gasteiger partial charge < -0.3 is 15.5 Å². The molecule has 0 spiro atoms. The number of hydrogen-bond donors (Lipinski definition) is 2. The molecule has 0 aliphatic rings. The van der Waals surface area contributed by atoms with E-state index in [0.717, 1.165) is 22.3 Å². The van der Waals surface area contributed by atoms with Gasteiger partial charge in [-0.25, -0.2) is 4.39 Å². The number of anilines is 1. The lowest BCUT2D eigenvalue weighted by atomic mass is 10.2. The molecule has 0 radical (unpaired) electrons. The van der Waals surface area contributed by atoms with Crippen LogP contribution < -0.4 is 10.5 Å². The first-order valence-electron chi connectivity index (χ1n) is 6.40. The predicted octanol–water partition coefficient (Wildman–Crippen LogP) is 3.78.